The van der Waals surface area contributed by atoms with Gasteiger partial charge in [0.1, 0.15) is 12.6 Å². The van der Waals surface area contributed by atoms with Crippen LogP contribution in [0.2, 0.25) is 0 Å². The van der Waals surface area contributed by atoms with Crippen LogP contribution in [0.1, 0.15) is 12.5 Å². The average Bonchev–Trinajstić information content (AvgIpc) is 2.45. The number of amides is 1. The molecule has 0 spiro atoms. The van der Waals surface area contributed by atoms with Crippen molar-refractivity contribution in [2.24, 2.45) is 0 Å². The van der Waals surface area contributed by atoms with Gasteiger partial charge in [0.05, 0.1) is 6.61 Å². The summed E-state index contributed by atoms with van der Waals surface area (Å²) in [6, 6.07) is 6.83. The zero-order chi connectivity index (χ0) is 15.8. The van der Waals surface area contributed by atoms with E-state index in [1.165, 1.54) is 0 Å². The first-order chi connectivity index (χ1) is 9.95. The van der Waals surface area contributed by atoms with Crippen LogP contribution in [0.25, 0.3) is 0 Å². The maximum absolute atomic E-state index is 12.1. The monoisotopic (exact) mass is 294 g/mol. The molecule has 1 atom stereocenters. The quantitative estimate of drug-likeness (QED) is 0.700. The predicted molar refractivity (Wildman–Crippen MR) is 80.5 cm³/mol. The molecule has 0 saturated carbocycles. The van der Waals surface area contributed by atoms with E-state index < -0.39 is 12.0 Å². The molecule has 0 saturated heterocycles. The SMILES string of the molecule is COCCNC(=O)C(C)N(CC(=O)O)c1ccc(C)cc1. The standard InChI is InChI=1S/C15H22N2O4/c1-11-4-6-13(7-5-11)17(10-14(18)19)12(2)15(20)16-8-9-21-3/h4-7,12H,8-10H2,1-3H3,(H,16,20)(H,18,19). The molecule has 1 aromatic carbocycles. The molecule has 1 rings (SSSR count). The lowest BCUT2D eigenvalue weighted by molar-refractivity contribution is -0.135. The molecular weight excluding hydrogens is 272 g/mol. The van der Waals surface area contributed by atoms with Crippen LogP contribution < -0.4 is 10.2 Å². The Morgan fingerprint density at radius 2 is 1.95 bits per heavy atom. The van der Waals surface area contributed by atoms with Crippen molar-refractivity contribution in [3.8, 4) is 0 Å². The third-order valence-corrected chi connectivity index (χ3v) is 3.12. The van der Waals surface area contributed by atoms with Gasteiger partial charge in [0.25, 0.3) is 0 Å². The number of aliphatic carboxylic acids is 1. The van der Waals surface area contributed by atoms with Crippen LogP contribution in [0.5, 0.6) is 0 Å². The lowest BCUT2D eigenvalue weighted by atomic mass is 10.1. The zero-order valence-electron chi connectivity index (χ0n) is 12.6. The number of anilines is 1. The van der Waals surface area contributed by atoms with Crippen molar-refractivity contribution in [2.75, 3.05) is 31.7 Å². The van der Waals surface area contributed by atoms with Crippen LogP contribution in [-0.4, -0.2) is 49.8 Å². The molecule has 21 heavy (non-hydrogen) atoms. The molecule has 0 radical (unpaired) electrons. The first-order valence-corrected chi connectivity index (χ1v) is 6.77. The van der Waals surface area contributed by atoms with E-state index in [-0.39, 0.29) is 12.5 Å². The molecule has 1 unspecified atom stereocenters. The van der Waals surface area contributed by atoms with Gasteiger partial charge >= 0.3 is 5.97 Å². The smallest absolute Gasteiger partial charge is 0.323 e. The molecule has 0 aliphatic carbocycles. The number of methoxy groups -OCH3 is 1. The van der Waals surface area contributed by atoms with Gasteiger partial charge in [-0.05, 0) is 26.0 Å². The van der Waals surface area contributed by atoms with Gasteiger partial charge in [-0.1, -0.05) is 17.7 Å². The van der Waals surface area contributed by atoms with Crippen molar-refractivity contribution in [1.82, 2.24) is 5.32 Å². The number of carbonyl (C=O) groups excluding carboxylic acids is 1. The van der Waals surface area contributed by atoms with E-state index in [1.54, 1.807) is 18.9 Å². The number of carboxylic acid groups (broad SMARTS) is 1. The molecule has 1 amide bonds. The molecule has 6 nitrogen and oxygen atoms in total. The summed E-state index contributed by atoms with van der Waals surface area (Å²) in [7, 11) is 1.55. The minimum atomic E-state index is -0.980. The fraction of sp³-hybridized carbons (Fsp3) is 0.467. The number of nitrogens with one attached hydrogen (secondary N) is 1. The molecule has 0 aliphatic rings. The van der Waals surface area contributed by atoms with Gasteiger partial charge in [0, 0.05) is 19.3 Å². The fourth-order valence-corrected chi connectivity index (χ4v) is 1.90. The Morgan fingerprint density at radius 3 is 2.48 bits per heavy atom. The number of benzene rings is 1. The lowest BCUT2D eigenvalue weighted by Gasteiger charge is -2.29. The zero-order valence-corrected chi connectivity index (χ0v) is 12.6. The number of nitrogens with zero attached hydrogens (tertiary/aromatic N) is 1. The van der Waals surface area contributed by atoms with Crippen LogP contribution in [0.4, 0.5) is 5.69 Å². The van der Waals surface area contributed by atoms with Gasteiger partial charge in [-0.25, -0.2) is 0 Å². The summed E-state index contributed by atoms with van der Waals surface area (Å²) in [4.78, 5) is 24.7. The maximum Gasteiger partial charge on any atom is 0.323 e. The molecule has 116 valence electrons. The number of carboxylic acids is 1. The highest BCUT2D eigenvalue weighted by Crippen LogP contribution is 2.17. The minimum absolute atomic E-state index is 0.228. The third-order valence-electron chi connectivity index (χ3n) is 3.12. The van der Waals surface area contributed by atoms with Gasteiger partial charge in [-0.2, -0.15) is 0 Å². The van der Waals surface area contributed by atoms with Crippen molar-refractivity contribution < 1.29 is 19.4 Å². The maximum atomic E-state index is 12.1. The number of hydrogen-bond donors (Lipinski definition) is 2. The average molecular weight is 294 g/mol. The van der Waals surface area contributed by atoms with Crippen LogP contribution >= 0.6 is 0 Å². The van der Waals surface area contributed by atoms with Crippen molar-refractivity contribution in [3.63, 3.8) is 0 Å². The van der Waals surface area contributed by atoms with Gasteiger partial charge in [-0.15, -0.1) is 0 Å². The normalized spacial score (nSPS) is 11.8. The summed E-state index contributed by atoms with van der Waals surface area (Å²) in [6.07, 6.45) is 0. The van der Waals surface area contributed by atoms with Crippen LogP contribution in [0.15, 0.2) is 24.3 Å². The Labute approximate surface area is 124 Å². The van der Waals surface area contributed by atoms with Gasteiger partial charge in [-0.3, -0.25) is 9.59 Å². The van der Waals surface area contributed by atoms with Crippen molar-refractivity contribution in [1.29, 1.82) is 0 Å². The number of ether oxygens (including phenoxy) is 1. The van der Waals surface area contributed by atoms with Gasteiger partial charge in [0.2, 0.25) is 5.91 Å². The summed E-state index contributed by atoms with van der Waals surface area (Å²) >= 11 is 0. The second kappa shape index (κ2) is 8.26. The molecule has 2 N–H and O–H groups in total. The fourth-order valence-electron chi connectivity index (χ4n) is 1.90. The second-order valence-electron chi connectivity index (χ2n) is 4.82. The molecular formula is C15H22N2O4. The highest BCUT2D eigenvalue weighted by molar-refractivity contribution is 5.87. The molecule has 1 aromatic rings. The summed E-state index contributed by atoms with van der Waals surface area (Å²) in [6.45, 7) is 4.22. The van der Waals surface area contributed by atoms with Gasteiger partial charge < -0.3 is 20.1 Å². The second-order valence-corrected chi connectivity index (χ2v) is 4.82. The Hall–Kier alpha value is -2.08. The Kier molecular flexibility index (Phi) is 6.68. The number of carbonyl (C=O) groups is 2. The number of hydrogen-bond acceptors (Lipinski definition) is 4. The topological polar surface area (TPSA) is 78.9 Å². The largest absolute Gasteiger partial charge is 0.480 e. The first-order valence-electron chi connectivity index (χ1n) is 6.77. The van der Waals surface area contributed by atoms with E-state index in [9.17, 15) is 9.59 Å². The molecule has 0 bridgehead atoms. The summed E-state index contributed by atoms with van der Waals surface area (Å²) in [5.74, 6) is -1.21. The molecule has 0 fully saturated rings. The Bertz CT molecular complexity index is 473. The first kappa shape index (κ1) is 17.0. The summed E-state index contributed by atoms with van der Waals surface area (Å²) < 4.78 is 4.87. The summed E-state index contributed by atoms with van der Waals surface area (Å²) in [5.41, 5.74) is 1.78. The summed E-state index contributed by atoms with van der Waals surface area (Å²) in [5, 5.41) is 11.8. The minimum Gasteiger partial charge on any atom is -0.480 e. The van der Waals surface area contributed by atoms with Crippen molar-refractivity contribution in [3.05, 3.63) is 29.8 Å². The Morgan fingerprint density at radius 1 is 1.33 bits per heavy atom. The van der Waals surface area contributed by atoms with Crippen LogP contribution in [0, 0.1) is 6.92 Å². The highest BCUT2D eigenvalue weighted by atomic mass is 16.5. The van der Waals surface area contributed by atoms with E-state index in [4.69, 9.17) is 9.84 Å². The lowest BCUT2D eigenvalue weighted by Crippen LogP contribution is -2.48. The van der Waals surface area contributed by atoms with Gasteiger partial charge in [0.15, 0.2) is 0 Å². The van der Waals surface area contributed by atoms with Crippen LogP contribution in [-0.2, 0) is 14.3 Å². The van der Waals surface area contributed by atoms with Crippen LogP contribution in [0.3, 0.4) is 0 Å². The predicted octanol–water partition coefficient (Wildman–Crippen LogP) is 1.04. The van der Waals surface area contributed by atoms with Crippen molar-refractivity contribution in [2.45, 2.75) is 19.9 Å². The third kappa shape index (κ3) is 5.43. The molecule has 0 heterocycles. The van der Waals surface area contributed by atoms with E-state index >= 15 is 0 Å². The molecule has 6 heteroatoms. The number of aryl methyl sites for hydroxylation is 1. The number of rotatable bonds is 8. The van der Waals surface area contributed by atoms with E-state index in [1.807, 2.05) is 31.2 Å². The highest BCUT2D eigenvalue weighted by Gasteiger charge is 2.23. The van der Waals surface area contributed by atoms with E-state index in [2.05, 4.69) is 5.32 Å². The Balaban J connectivity index is 2.83. The molecule has 0 aliphatic heterocycles. The molecule has 0 aromatic heterocycles. The van der Waals surface area contributed by atoms with E-state index in [0.717, 1.165) is 5.56 Å². The van der Waals surface area contributed by atoms with Crippen molar-refractivity contribution >= 4 is 17.6 Å². The van der Waals surface area contributed by atoms with E-state index in [0.29, 0.717) is 18.8 Å².